The highest BCUT2D eigenvalue weighted by atomic mass is 19.4. The number of hydrogen-bond acceptors (Lipinski definition) is 0. The summed E-state index contributed by atoms with van der Waals surface area (Å²) in [6.45, 7) is 2.20. The molecule has 0 aromatic rings. The fourth-order valence-electron chi connectivity index (χ4n) is 4.16. The smallest absolute Gasteiger partial charge is 0.231 e. The van der Waals surface area contributed by atoms with Gasteiger partial charge in [0.25, 0.3) is 12.1 Å². The van der Waals surface area contributed by atoms with Gasteiger partial charge in [-0.25, -0.2) is 13.2 Å². The van der Waals surface area contributed by atoms with Crippen LogP contribution in [0, 0.1) is 23.7 Å². The molecule has 6 heteroatoms. The predicted octanol–water partition coefficient (Wildman–Crippen LogP) is 6.15. The second-order valence-electron chi connectivity index (χ2n) is 7.21. The fraction of sp³-hybridized carbons (Fsp3) is 1.00. The Morgan fingerprint density at radius 2 is 1.14 bits per heavy atom. The number of alkyl halides is 6. The lowest BCUT2D eigenvalue weighted by atomic mass is 9.68. The zero-order valence-electron chi connectivity index (χ0n) is 12.8. The van der Waals surface area contributed by atoms with E-state index in [1.54, 1.807) is 0 Å². The van der Waals surface area contributed by atoms with Crippen molar-refractivity contribution in [2.75, 3.05) is 0 Å². The maximum atomic E-state index is 13.7. The van der Waals surface area contributed by atoms with Crippen LogP contribution in [-0.2, 0) is 0 Å². The first-order valence-corrected chi connectivity index (χ1v) is 8.21. The van der Waals surface area contributed by atoms with Crippen molar-refractivity contribution >= 4 is 0 Å². The zero-order chi connectivity index (χ0) is 16.5. The topological polar surface area (TPSA) is 0 Å². The molecule has 22 heavy (non-hydrogen) atoms. The van der Waals surface area contributed by atoms with E-state index in [-0.39, 0.29) is 12.8 Å². The Morgan fingerprint density at radius 3 is 1.55 bits per heavy atom. The first-order valence-electron chi connectivity index (χ1n) is 8.21. The standard InChI is InChI=1S/C16H24F6/c1-10-2-4-11(5-3-10)12-6-8-13(9-7-12)15(18,19)14(17)16(20,21)22/h10-14H,2-9H2,1H3. The molecule has 0 aromatic heterocycles. The zero-order valence-corrected chi connectivity index (χ0v) is 12.8. The van der Waals surface area contributed by atoms with Gasteiger partial charge in [-0.15, -0.1) is 0 Å². The van der Waals surface area contributed by atoms with E-state index in [4.69, 9.17) is 0 Å². The maximum absolute atomic E-state index is 13.7. The van der Waals surface area contributed by atoms with Crippen LogP contribution in [0.3, 0.4) is 0 Å². The summed E-state index contributed by atoms with van der Waals surface area (Å²) in [4.78, 5) is 0. The molecule has 2 rings (SSSR count). The third-order valence-electron chi connectivity index (χ3n) is 5.67. The number of halogens is 6. The van der Waals surface area contributed by atoms with Crippen LogP contribution in [0.2, 0.25) is 0 Å². The van der Waals surface area contributed by atoms with Crippen molar-refractivity contribution in [1.29, 1.82) is 0 Å². The van der Waals surface area contributed by atoms with E-state index >= 15 is 0 Å². The van der Waals surface area contributed by atoms with Crippen molar-refractivity contribution in [3.63, 3.8) is 0 Å². The Bertz CT molecular complexity index is 348. The van der Waals surface area contributed by atoms with Crippen LogP contribution in [0.15, 0.2) is 0 Å². The molecule has 0 amide bonds. The molecule has 2 fully saturated rings. The van der Waals surface area contributed by atoms with E-state index in [1.165, 1.54) is 0 Å². The van der Waals surface area contributed by atoms with Gasteiger partial charge in [-0.2, -0.15) is 13.2 Å². The largest absolute Gasteiger partial charge is 0.425 e. The highest BCUT2D eigenvalue weighted by Crippen LogP contribution is 2.48. The summed E-state index contributed by atoms with van der Waals surface area (Å²) in [5.74, 6) is -4.25. The summed E-state index contributed by atoms with van der Waals surface area (Å²) >= 11 is 0. The minimum absolute atomic E-state index is 0.000218. The summed E-state index contributed by atoms with van der Waals surface area (Å²) in [6.07, 6.45) is -4.07. The lowest BCUT2D eigenvalue weighted by Crippen LogP contribution is -2.48. The summed E-state index contributed by atoms with van der Waals surface area (Å²) in [7, 11) is 0. The molecule has 1 atom stereocenters. The SMILES string of the molecule is CC1CCC(C2CCC(C(F)(F)C(F)C(F)(F)F)CC2)CC1. The Hall–Kier alpha value is -0.420. The maximum Gasteiger partial charge on any atom is 0.425 e. The van der Waals surface area contributed by atoms with Gasteiger partial charge in [0.1, 0.15) is 0 Å². The monoisotopic (exact) mass is 330 g/mol. The van der Waals surface area contributed by atoms with Crippen molar-refractivity contribution in [2.24, 2.45) is 23.7 Å². The molecule has 2 aliphatic rings. The number of rotatable bonds is 3. The molecule has 0 radical (unpaired) electrons. The predicted molar refractivity (Wildman–Crippen MR) is 72.5 cm³/mol. The Balaban J connectivity index is 1.89. The highest BCUT2D eigenvalue weighted by Gasteiger charge is 2.60. The highest BCUT2D eigenvalue weighted by molar-refractivity contribution is 4.92. The molecule has 130 valence electrons. The van der Waals surface area contributed by atoms with Crippen molar-refractivity contribution in [3.05, 3.63) is 0 Å². The van der Waals surface area contributed by atoms with E-state index in [9.17, 15) is 26.3 Å². The van der Waals surface area contributed by atoms with Gasteiger partial charge in [0.2, 0.25) is 0 Å². The van der Waals surface area contributed by atoms with E-state index < -0.39 is 24.2 Å². The third-order valence-corrected chi connectivity index (χ3v) is 5.67. The van der Waals surface area contributed by atoms with Crippen LogP contribution in [0.4, 0.5) is 26.3 Å². The molecule has 0 N–H and O–H groups in total. The fourth-order valence-corrected chi connectivity index (χ4v) is 4.16. The molecule has 0 aromatic carbocycles. The molecule has 0 spiro atoms. The van der Waals surface area contributed by atoms with Crippen LogP contribution in [0.5, 0.6) is 0 Å². The molecule has 1 unspecified atom stereocenters. The molecule has 0 aliphatic heterocycles. The third kappa shape index (κ3) is 3.91. The molecular weight excluding hydrogens is 306 g/mol. The molecule has 2 aliphatic carbocycles. The Morgan fingerprint density at radius 1 is 0.727 bits per heavy atom. The van der Waals surface area contributed by atoms with Gasteiger partial charge in [0.05, 0.1) is 0 Å². The van der Waals surface area contributed by atoms with Crippen molar-refractivity contribution in [1.82, 2.24) is 0 Å². The Kier molecular flexibility index (Phi) is 5.38. The van der Waals surface area contributed by atoms with Crippen molar-refractivity contribution in [3.8, 4) is 0 Å². The van der Waals surface area contributed by atoms with Gasteiger partial charge >= 0.3 is 6.18 Å². The second-order valence-corrected chi connectivity index (χ2v) is 7.21. The van der Waals surface area contributed by atoms with Crippen LogP contribution in [0.25, 0.3) is 0 Å². The lowest BCUT2D eigenvalue weighted by Gasteiger charge is -2.39. The van der Waals surface area contributed by atoms with Gasteiger partial charge in [0, 0.05) is 5.92 Å². The minimum atomic E-state index is -5.49. The van der Waals surface area contributed by atoms with Gasteiger partial charge in [0.15, 0.2) is 0 Å². The van der Waals surface area contributed by atoms with E-state index in [0.29, 0.717) is 30.6 Å². The summed E-state index contributed by atoms with van der Waals surface area (Å²) in [5, 5.41) is 0. The van der Waals surface area contributed by atoms with E-state index in [0.717, 1.165) is 25.7 Å². The minimum Gasteiger partial charge on any atom is -0.231 e. The van der Waals surface area contributed by atoms with Crippen LogP contribution < -0.4 is 0 Å². The van der Waals surface area contributed by atoms with Gasteiger partial charge < -0.3 is 0 Å². The molecular formula is C16H24F6. The summed E-state index contributed by atoms with van der Waals surface area (Å²) in [6, 6.07) is 0. The molecule has 0 heterocycles. The van der Waals surface area contributed by atoms with Crippen LogP contribution in [-0.4, -0.2) is 18.3 Å². The molecule has 2 saturated carbocycles. The van der Waals surface area contributed by atoms with Gasteiger partial charge in [-0.05, 0) is 56.3 Å². The summed E-state index contributed by atoms with van der Waals surface area (Å²) < 4.78 is 77.3. The first kappa shape index (κ1) is 17.9. The summed E-state index contributed by atoms with van der Waals surface area (Å²) in [5.41, 5.74) is 0. The van der Waals surface area contributed by atoms with Gasteiger partial charge in [-0.1, -0.05) is 19.8 Å². The average Bonchev–Trinajstić information content (AvgIpc) is 2.46. The van der Waals surface area contributed by atoms with E-state index in [2.05, 4.69) is 6.92 Å². The van der Waals surface area contributed by atoms with Crippen molar-refractivity contribution < 1.29 is 26.3 Å². The van der Waals surface area contributed by atoms with Crippen LogP contribution in [0.1, 0.15) is 58.3 Å². The van der Waals surface area contributed by atoms with Gasteiger partial charge in [-0.3, -0.25) is 0 Å². The average molecular weight is 330 g/mol. The second kappa shape index (κ2) is 6.60. The molecule has 0 bridgehead atoms. The Labute approximate surface area is 127 Å². The number of hydrogen-bond donors (Lipinski definition) is 0. The first-order chi connectivity index (χ1) is 10.1. The van der Waals surface area contributed by atoms with E-state index in [1.807, 2.05) is 0 Å². The normalized spacial score (nSPS) is 36.1. The molecule has 0 nitrogen and oxygen atoms in total. The van der Waals surface area contributed by atoms with Crippen molar-refractivity contribution in [2.45, 2.75) is 76.6 Å². The lowest BCUT2D eigenvalue weighted by molar-refractivity contribution is -0.261. The van der Waals surface area contributed by atoms with Crippen LogP contribution >= 0.6 is 0 Å². The quantitative estimate of drug-likeness (QED) is 0.544. The molecule has 0 saturated heterocycles.